The summed E-state index contributed by atoms with van der Waals surface area (Å²) in [5.41, 5.74) is 0.992. The third-order valence-electron chi connectivity index (χ3n) is 2.23. The predicted molar refractivity (Wildman–Crippen MR) is 60.4 cm³/mol. The smallest absolute Gasteiger partial charge is 0.132 e. The number of phenols is 1. The summed E-state index contributed by atoms with van der Waals surface area (Å²) < 4.78 is 0. The highest BCUT2D eigenvalue weighted by Crippen LogP contribution is 2.22. The van der Waals surface area contributed by atoms with Crippen LogP contribution >= 0.6 is 0 Å². The molecule has 2 aromatic rings. The van der Waals surface area contributed by atoms with Crippen LogP contribution in [0.5, 0.6) is 5.75 Å². The number of rotatable bonds is 2. The Kier molecular flexibility index (Phi) is 2.54. The number of phenolic OH excluding ortho intramolecular Hbond substituents is 1. The largest absolute Gasteiger partial charge is 0.508 e. The molecule has 0 saturated carbocycles. The van der Waals surface area contributed by atoms with Crippen LogP contribution in [0.3, 0.4) is 0 Å². The Bertz CT molecular complexity index is 425. The van der Waals surface area contributed by atoms with E-state index in [9.17, 15) is 5.11 Å². The number of benzene rings is 1. The molecule has 1 N–H and O–H groups in total. The van der Waals surface area contributed by atoms with Gasteiger partial charge in [0.15, 0.2) is 0 Å². The molecule has 1 aromatic carbocycles. The van der Waals surface area contributed by atoms with Gasteiger partial charge in [0.1, 0.15) is 11.6 Å². The van der Waals surface area contributed by atoms with E-state index in [1.807, 2.05) is 42.3 Å². The van der Waals surface area contributed by atoms with Crippen molar-refractivity contribution in [3.8, 4) is 5.75 Å². The molecule has 0 radical (unpaired) electrons. The van der Waals surface area contributed by atoms with Gasteiger partial charge < -0.3 is 10.0 Å². The Hall–Kier alpha value is -2.03. The summed E-state index contributed by atoms with van der Waals surface area (Å²) in [7, 11) is 1.94. The average Bonchev–Trinajstić information content (AvgIpc) is 2.30. The molecule has 0 saturated heterocycles. The molecule has 0 atom stereocenters. The zero-order valence-electron chi connectivity index (χ0n) is 8.46. The minimum absolute atomic E-state index is 0.271. The molecule has 0 aliphatic carbocycles. The van der Waals surface area contributed by atoms with Crippen molar-refractivity contribution in [2.75, 3.05) is 11.9 Å². The second kappa shape index (κ2) is 4.00. The number of aromatic hydroxyl groups is 1. The van der Waals surface area contributed by atoms with E-state index in [1.54, 1.807) is 18.3 Å². The second-order valence-electron chi connectivity index (χ2n) is 3.26. The van der Waals surface area contributed by atoms with Crippen LogP contribution in [0.4, 0.5) is 11.5 Å². The summed E-state index contributed by atoms with van der Waals surface area (Å²) in [6, 6.07) is 12.8. The maximum atomic E-state index is 9.17. The van der Waals surface area contributed by atoms with Crippen molar-refractivity contribution in [1.29, 1.82) is 0 Å². The van der Waals surface area contributed by atoms with Crippen LogP contribution in [0, 0.1) is 0 Å². The fourth-order valence-corrected chi connectivity index (χ4v) is 1.36. The number of nitrogens with zero attached hydrogens (tertiary/aromatic N) is 2. The van der Waals surface area contributed by atoms with Crippen LogP contribution in [0.25, 0.3) is 0 Å². The molecule has 0 aliphatic rings. The van der Waals surface area contributed by atoms with E-state index >= 15 is 0 Å². The Morgan fingerprint density at radius 1 is 1.07 bits per heavy atom. The van der Waals surface area contributed by atoms with Crippen LogP contribution in [0.2, 0.25) is 0 Å². The summed E-state index contributed by atoms with van der Waals surface area (Å²) in [4.78, 5) is 6.20. The van der Waals surface area contributed by atoms with E-state index in [-0.39, 0.29) is 5.75 Å². The number of pyridine rings is 1. The van der Waals surface area contributed by atoms with E-state index in [4.69, 9.17) is 0 Å². The van der Waals surface area contributed by atoms with Crippen LogP contribution < -0.4 is 4.90 Å². The van der Waals surface area contributed by atoms with Crippen LogP contribution in [-0.2, 0) is 0 Å². The molecule has 0 unspecified atom stereocenters. The zero-order valence-corrected chi connectivity index (χ0v) is 8.46. The summed E-state index contributed by atoms with van der Waals surface area (Å²) >= 11 is 0. The van der Waals surface area contributed by atoms with Gasteiger partial charge in [-0.1, -0.05) is 6.07 Å². The molecule has 3 heteroatoms. The van der Waals surface area contributed by atoms with Gasteiger partial charge >= 0.3 is 0 Å². The highest BCUT2D eigenvalue weighted by Gasteiger charge is 2.03. The van der Waals surface area contributed by atoms with Crippen LogP contribution in [0.1, 0.15) is 0 Å². The van der Waals surface area contributed by atoms with E-state index < -0.39 is 0 Å². The number of hydrogen-bond acceptors (Lipinski definition) is 3. The van der Waals surface area contributed by atoms with Crippen LogP contribution in [0.15, 0.2) is 48.7 Å². The third kappa shape index (κ3) is 2.07. The summed E-state index contributed by atoms with van der Waals surface area (Å²) in [6.45, 7) is 0. The van der Waals surface area contributed by atoms with Crippen LogP contribution in [-0.4, -0.2) is 17.1 Å². The topological polar surface area (TPSA) is 36.4 Å². The molecular formula is C12H12N2O. The van der Waals surface area contributed by atoms with Gasteiger partial charge in [0.25, 0.3) is 0 Å². The summed E-state index contributed by atoms with van der Waals surface area (Å²) in [5.74, 6) is 1.15. The lowest BCUT2D eigenvalue weighted by atomic mass is 10.3. The van der Waals surface area contributed by atoms with Gasteiger partial charge in [0.2, 0.25) is 0 Å². The fraction of sp³-hybridized carbons (Fsp3) is 0.0833. The molecule has 0 bridgehead atoms. The Balaban J connectivity index is 2.29. The number of aromatic nitrogens is 1. The van der Waals surface area contributed by atoms with Gasteiger partial charge in [0, 0.05) is 18.9 Å². The van der Waals surface area contributed by atoms with E-state index in [0.29, 0.717) is 0 Å². The van der Waals surface area contributed by atoms with Gasteiger partial charge in [-0.25, -0.2) is 4.98 Å². The minimum Gasteiger partial charge on any atom is -0.508 e. The second-order valence-corrected chi connectivity index (χ2v) is 3.26. The third-order valence-corrected chi connectivity index (χ3v) is 2.23. The van der Waals surface area contributed by atoms with Gasteiger partial charge in [-0.3, -0.25) is 0 Å². The van der Waals surface area contributed by atoms with Crippen molar-refractivity contribution in [2.24, 2.45) is 0 Å². The maximum absolute atomic E-state index is 9.17. The van der Waals surface area contributed by atoms with E-state index in [2.05, 4.69) is 4.98 Å². The molecule has 1 heterocycles. The van der Waals surface area contributed by atoms with Crippen molar-refractivity contribution in [2.45, 2.75) is 0 Å². The molecule has 2 rings (SSSR count). The summed E-state index contributed by atoms with van der Waals surface area (Å²) in [5, 5.41) is 9.17. The number of hydrogen-bond donors (Lipinski definition) is 1. The Morgan fingerprint density at radius 3 is 2.40 bits per heavy atom. The highest BCUT2D eigenvalue weighted by molar-refractivity contribution is 5.59. The lowest BCUT2D eigenvalue weighted by Crippen LogP contribution is -2.10. The number of anilines is 2. The van der Waals surface area contributed by atoms with Crippen molar-refractivity contribution >= 4 is 11.5 Å². The molecule has 1 aromatic heterocycles. The molecule has 0 amide bonds. The van der Waals surface area contributed by atoms with E-state index in [1.165, 1.54) is 0 Å². The maximum Gasteiger partial charge on any atom is 0.132 e. The molecule has 0 aliphatic heterocycles. The zero-order chi connectivity index (χ0) is 10.7. The molecule has 0 spiro atoms. The molecular weight excluding hydrogens is 188 g/mol. The molecule has 0 fully saturated rings. The van der Waals surface area contributed by atoms with Gasteiger partial charge in [-0.15, -0.1) is 0 Å². The van der Waals surface area contributed by atoms with Gasteiger partial charge in [-0.05, 0) is 36.4 Å². The van der Waals surface area contributed by atoms with Crippen molar-refractivity contribution in [3.05, 3.63) is 48.7 Å². The first kappa shape index (κ1) is 9.52. The quantitative estimate of drug-likeness (QED) is 0.809. The molecule has 76 valence electrons. The minimum atomic E-state index is 0.271. The predicted octanol–water partition coefficient (Wildman–Crippen LogP) is 2.56. The van der Waals surface area contributed by atoms with E-state index in [0.717, 1.165) is 11.5 Å². The first-order valence-corrected chi connectivity index (χ1v) is 4.71. The average molecular weight is 200 g/mol. The van der Waals surface area contributed by atoms with Crippen molar-refractivity contribution in [3.63, 3.8) is 0 Å². The van der Waals surface area contributed by atoms with Crippen molar-refractivity contribution < 1.29 is 5.11 Å². The lowest BCUT2D eigenvalue weighted by Gasteiger charge is -2.17. The Labute approximate surface area is 88.6 Å². The monoisotopic (exact) mass is 200 g/mol. The Morgan fingerprint density at radius 2 is 1.80 bits per heavy atom. The van der Waals surface area contributed by atoms with Crippen molar-refractivity contribution in [1.82, 2.24) is 4.98 Å². The normalized spacial score (nSPS) is 9.93. The SMILES string of the molecule is CN(c1ccc(O)cc1)c1ccccn1. The lowest BCUT2D eigenvalue weighted by molar-refractivity contribution is 0.475. The van der Waals surface area contributed by atoms with Gasteiger partial charge in [-0.2, -0.15) is 0 Å². The highest BCUT2D eigenvalue weighted by atomic mass is 16.3. The van der Waals surface area contributed by atoms with Gasteiger partial charge in [0.05, 0.1) is 0 Å². The first-order chi connectivity index (χ1) is 7.27. The fourth-order valence-electron chi connectivity index (χ4n) is 1.36. The molecule has 15 heavy (non-hydrogen) atoms. The standard InChI is InChI=1S/C12H12N2O/c1-14(12-4-2-3-9-13-12)10-5-7-11(15)8-6-10/h2-9,15H,1H3. The summed E-state index contributed by atoms with van der Waals surface area (Å²) in [6.07, 6.45) is 1.76. The molecule has 3 nitrogen and oxygen atoms in total. The first-order valence-electron chi connectivity index (χ1n) is 4.71.